The van der Waals surface area contributed by atoms with Crippen LogP contribution in [0.25, 0.3) is 0 Å². The lowest BCUT2D eigenvalue weighted by molar-refractivity contribution is 0.0606. The van der Waals surface area contributed by atoms with Crippen molar-refractivity contribution in [2.24, 2.45) is 0 Å². The van der Waals surface area contributed by atoms with Crippen molar-refractivity contribution in [1.29, 1.82) is 0 Å². The molecule has 0 spiro atoms. The number of methoxy groups -OCH3 is 1. The van der Waals surface area contributed by atoms with Gasteiger partial charge in [0.15, 0.2) is 5.13 Å². The lowest BCUT2D eigenvalue weighted by Gasteiger charge is -2.06. The van der Waals surface area contributed by atoms with Gasteiger partial charge in [-0.25, -0.2) is 9.78 Å². The highest BCUT2D eigenvalue weighted by Crippen LogP contribution is 2.25. The number of nitrogens with zero attached hydrogens (tertiary/aromatic N) is 1. The van der Waals surface area contributed by atoms with E-state index in [-0.39, 0.29) is 5.97 Å². The van der Waals surface area contributed by atoms with Crippen molar-refractivity contribution in [3.8, 4) is 5.75 Å². The number of ether oxygens (including phenoxy) is 2. The van der Waals surface area contributed by atoms with Crippen LogP contribution < -0.4 is 10.1 Å². The van der Waals surface area contributed by atoms with E-state index in [0.717, 1.165) is 11.4 Å². The number of hydrogen-bond acceptors (Lipinski definition) is 6. The van der Waals surface area contributed by atoms with Crippen LogP contribution in [0.3, 0.4) is 0 Å². The summed E-state index contributed by atoms with van der Waals surface area (Å²) < 4.78 is 10.0. The highest BCUT2D eigenvalue weighted by Gasteiger charge is 2.10. The summed E-state index contributed by atoms with van der Waals surface area (Å²) >= 11 is 1.24. The number of esters is 1. The van der Waals surface area contributed by atoms with E-state index >= 15 is 0 Å². The lowest BCUT2D eigenvalue weighted by atomic mass is 10.3. The Kier molecular flexibility index (Phi) is 4.35. The summed E-state index contributed by atoms with van der Waals surface area (Å²) in [6, 6.07) is 7.56. The molecule has 1 heterocycles. The maximum Gasteiger partial charge on any atom is 0.349 e. The molecule has 6 heteroatoms. The smallest absolute Gasteiger partial charge is 0.349 e. The second-order valence-corrected chi connectivity index (χ2v) is 4.64. The Morgan fingerprint density at radius 1 is 1.47 bits per heavy atom. The largest absolute Gasteiger partial charge is 0.494 e. The number of anilines is 2. The van der Waals surface area contributed by atoms with Crippen molar-refractivity contribution in [3.63, 3.8) is 0 Å². The van der Waals surface area contributed by atoms with Crippen molar-refractivity contribution < 1.29 is 14.3 Å². The van der Waals surface area contributed by atoms with Crippen LogP contribution >= 0.6 is 11.3 Å². The number of aromatic nitrogens is 1. The molecule has 0 aliphatic rings. The lowest BCUT2D eigenvalue weighted by Crippen LogP contribution is -1.96. The van der Waals surface area contributed by atoms with E-state index in [0.29, 0.717) is 16.6 Å². The monoisotopic (exact) mass is 278 g/mol. The minimum atomic E-state index is -0.381. The topological polar surface area (TPSA) is 60.5 Å². The minimum absolute atomic E-state index is 0.381. The van der Waals surface area contributed by atoms with E-state index in [1.807, 2.05) is 31.2 Å². The first-order valence-corrected chi connectivity index (χ1v) is 6.58. The summed E-state index contributed by atoms with van der Waals surface area (Å²) in [7, 11) is 1.35. The van der Waals surface area contributed by atoms with Crippen LogP contribution in [0, 0.1) is 0 Å². The highest BCUT2D eigenvalue weighted by molar-refractivity contribution is 7.17. The van der Waals surface area contributed by atoms with Crippen LogP contribution in [0.2, 0.25) is 0 Å². The first kappa shape index (κ1) is 13.4. The molecule has 0 amide bonds. The fourth-order valence-electron chi connectivity index (χ4n) is 1.48. The Bertz CT molecular complexity index is 569. The molecule has 100 valence electrons. The molecule has 1 N–H and O–H groups in total. The fourth-order valence-corrected chi connectivity index (χ4v) is 2.24. The summed E-state index contributed by atoms with van der Waals surface area (Å²) in [4.78, 5) is 15.9. The van der Waals surface area contributed by atoms with Gasteiger partial charge in [0, 0.05) is 11.8 Å². The van der Waals surface area contributed by atoms with Crippen LogP contribution in [0.1, 0.15) is 16.6 Å². The summed E-state index contributed by atoms with van der Waals surface area (Å²) in [6.07, 6.45) is 1.49. The summed E-state index contributed by atoms with van der Waals surface area (Å²) in [5.41, 5.74) is 0.858. The highest BCUT2D eigenvalue weighted by atomic mass is 32.1. The Balaban J connectivity index is 2.10. The van der Waals surface area contributed by atoms with E-state index in [4.69, 9.17) is 4.74 Å². The van der Waals surface area contributed by atoms with Crippen molar-refractivity contribution in [2.45, 2.75) is 6.92 Å². The first-order valence-electron chi connectivity index (χ1n) is 5.77. The van der Waals surface area contributed by atoms with Gasteiger partial charge in [0.1, 0.15) is 10.6 Å². The zero-order valence-corrected chi connectivity index (χ0v) is 11.5. The molecule has 5 nitrogen and oxygen atoms in total. The number of benzene rings is 1. The fraction of sp³-hybridized carbons (Fsp3) is 0.231. The molecule has 0 saturated carbocycles. The van der Waals surface area contributed by atoms with Crippen molar-refractivity contribution in [1.82, 2.24) is 4.98 Å². The van der Waals surface area contributed by atoms with E-state index in [2.05, 4.69) is 15.0 Å². The van der Waals surface area contributed by atoms with Gasteiger partial charge in [0.05, 0.1) is 19.9 Å². The zero-order chi connectivity index (χ0) is 13.7. The van der Waals surface area contributed by atoms with E-state index in [1.165, 1.54) is 24.6 Å². The van der Waals surface area contributed by atoms with Gasteiger partial charge in [0.25, 0.3) is 0 Å². The number of carbonyl (C=O) groups is 1. The third-order valence-electron chi connectivity index (χ3n) is 2.29. The van der Waals surface area contributed by atoms with Crippen molar-refractivity contribution in [2.75, 3.05) is 19.0 Å². The summed E-state index contributed by atoms with van der Waals surface area (Å²) in [5.74, 6) is 0.408. The predicted molar refractivity (Wildman–Crippen MR) is 74.3 cm³/mol. The van der Waals surface area contributed by atoms with Gasteiger partial charge in [-0.2, -0.15) is 0 Å². The van der Waals surface area contributed by atoms with E-state index in [9.17, 15) is 4.79 Å². The van der Waals surface area contributed by atoms with Gasteiger partial charge >= 0.3 is 5.97 Å². The maximum atomic E-state index is 11.3. The molecule has 0 fully saturated rings. The molecular weight excluding hydrogens is 264 g/mol. The normalized spacial score (nSPS) is 10.0. The van der Waals surface area contributed by atoms with Crippen LogP contribution in [-0.2, 0) is 4.74 Å². The Morgan fingerprint density at radius 3 is 3.05 bits per heavy atom. The van der Waals surface area contributed by atoms with Gasteiger partial charge in [-0.3, -0.25) is 0 Å². The molecule has 0 atom stereocenters. The molecule has 1 aromatic heterocycles. The van der Waals surface area contributed by atoms with E-state index in [1.54, 1.807) is 0 Å². The number of hydrogen-bond donors (Lipinski definition) is 1. The van der Waals surface area contributed by atoms with Gasteiger partial charge < -0.3 is 14.8 Å². The number of thiazole rings is 1. The summed E-state index contributed by atoms with van der Waals surface area (Å²) in [5, 5.41) is 3.76. The second kappa shape index (κ2) is 6.19. The van der Waals surface area contributed by atoms with Gasteiger partial charge in [-0.15, -0.1) is 0 Å². The molecule has 0 aliphatic carbocycles. The van der Waals surface area contributed by atoms with E-state index < -0.39 is 0 Å². The molecule has 0 unspecified atom stereocenters. The standard InChI is InChI=1S/C13H14N2O3S/c1-3-18-10-6-4-5-9(7-10)15-13-14-8-11(19-13)12(16)17-2/h4-8H,3H2,1-2H3,(H,14,15). The van der Waals surface area contributed by atoms with Gasteiger partial charge in [-0.05, 0) is 19.1 Å². The number of nitrogens with one attached hydrogen (secondary N) is 1. The molecular formula is C13H14N2O3S. The van der Waals surface area contributed by atoms with Crippen LogP contribution in [-0.4, -0.2) is 24.7 Å². The minimum Gasteiger partial charge on any atom is -0.494 e. The Labute approximate surface area is 115 Å². The average Bonchev–Trinajstić information content (AvgIpc) is 2.87. The zero-order valence-electron chi connectivity index (χ0n) is 10.7. The predicted octanol–water partition coefficient (Wildman–Crippen LogP) is 3.07. The average molecular weight is 278 g/mol. The second-order valence-electron chi connectivity index (χ2n) is 3.61. The number of rotatable bonds is 5. The first-order chi connectivity index (χ1) is 9.22. The molecule has 2 rings (SSSR count). The SMILES string of the molecule is CCOc1cccc(Nc2ncc(C(=O)OC)s2)c1. The van der Waals surface area contributed by atoms with Gasteiger partial charge in [-0.1, -0.05) is 17.4 Å². The number of carbonyl (C=O) groups excluding carboxylic acids is 1. The molecule has 0 saturated heterocycles. The van der Waals surface area contributed by atoms with Crippen LogP contribution in [0.4, 0.5) is 10.8 Å². The van der Waals surface area contributed by atoms with Gasteiger partial charge in [0.2, 0.25) is 0 Å². The Hall–Kier alpha value is -2.08. The Morgan fingerprint density at radius 2 is 2.32 bits per heavy atom. The molecule has 0 aliphatic heterocycles. The van der Waals surface area contributed by atoms with Crippen LogP contribution in [0.15, 0.2) is 30.5 Å². The van der Waals surface area contributed by atoms with Crippen molar-refractivity contribution in [3.05, 3.63) is 35.3 Å². The summed E-state index contributed by atoms with van der Waals surface area (Å²) in [6.45, 7) is 2.55. The molecule has 0 bridgehead atoms. The molecule has 2 aromatic rings. The maximum absolute atomic E-state index is 11.3. The van der Waals surface area contributed by atoms with Crippen molar-refractivity contribution >= 4 is 28.1 Å². The van der Waals surface area contributed by atoms with Crippen LogP contribution in [0.5, 0.6) is 5.75 Å². The third-order valence-corrected chi connectivity index (χ3v) is 3.18. The molecule has 19 heavy (non-hydrogen) atoms. The quantitative estimate of drug-likeness (QED) is 0.852. The molecule has 0 radical (unpaired) electrons. The molecule has 1 aromatic carbocycles. The third kappa shape index (κ3) is 3.45.